The van der Waals surface area contributed by atoms with E-state index in [1.807, 2.05) is 6.92 Å². The molecule has 2 unspecified atom stereocenters. The summed E-state index contributed by atoms with van der Waals surface area (Å²) in [5, 5.41) is -0.629. The molecule has 10 heteroatoms. The monoisotopic (exact) mass is 430 g/mol. The van der Waals surface area contributed by atoms with Gasteiger partial charge in [0.2, 0.25) is 0 Å². The number of methoxy groups -OCH3 is 1. The van der Waals surface area contributed by atoms with E-state index in [2.05, 4.69) is 4.18 Å². The maximum absolute atomic E-state index is 12.2. The molecule has 154 valence electrons. The van der Waals surface area contributed by atoms with Gasteiger partial charge in [0.1, 0.15) is 18.0 Å². The van der Waals surface area contributed by atoms with Crippen LogP contribution in [0.4, 0.5) is 4.79 Å². The van der Waals surface area contributed by atoms with Crippen LogP contribution in [0.3, 0.4) is 0 Å². The second-order valence-electron chi connectivity index (χ2n) is 6.08. The second kappa shape index (κ2) is 9.46. The van der Waals surface area contributed by atoms with E-state index in [0.717, 1.165) is 18.2 Å². The largest absolute Gasteiger partial charge is 0.509 e. The van der Waals surface area contributed by atoms with Crippen LogP contribution >= 0.6 is 12.0 Å². The highest BCUT2D eigenvalue weighted by molar-refractivity contribution is 8.03. The van der Waals surface area contributed by atoms with Crippen LogP contribution in [0, 0.1) is 0 Å². The van der Waals surface area contributed by atoms with E-state index in [9.17, 15) is 13.2 Å². The zero-order valence-electron chi connectivity index (χ0n) is 15.9. The van der Waals surface area contributed by atoms with Crippen LogP contribution in [0.2, 0.25) is 0 Å². The average molecular weight is 431 g/mol. The Balaban J connectivity index is 1.99. The molecule has 1 aliphatic rings. The van der Waals surface area contributed by atoms with Crippen molar-refractivity contribution in [2.24, 2.45) is 0 Å². The van der Waals surface area contributed by atoms with Crippen LogP contribution in [-0.4, -0.2) is 39.6 Å². The Labute approximate surface area is 169 Å². The third-order valence-corrected chi connectivity index (χ3v) is 6.11. The molecule has 2 atom stereocenters. The number of ether oxygens (including phenoxy) is 3. The predicted molar refractivity (Wildman–Crippen MR) is 104 cm³/mol. The lowest BCUT2D eigenvalue weighted by Crippen LogP contribution is -2.41. The summed E-state index contributed by atoms with van der Waals surface area (Å²) in [6, 6.07) is 7.04. The Morgan fingerprint density at radius 1 is 1.21 bits per heavy atom. The fourth-order valence-electron chi connectivity index (χ4n) is 2.26. The smallest absolute Gasteiger partial charge is 0.497 e. The van der Waals surface area contributed by atoms with Gasteiger partial charge in [-0.1, -0.05) is 29.9 Å². The van der Waals surface area contributed by atoms with Crippen LogP contribution in [0.15, 0.2) is 48.1 Å². The molecule has 0 spiro atoms. The van der Waals surface area contributed by atoms with Gasteiger partial charge in [0.15, 0.2) is 0 Å². The maximum Gasteiger partial charge on any atom is 0.509 e. The first-order valence-electron chi connectivity index (χ1n) is 8.19. The number of carbonyl (C=O) groups is 1. The topological polar surface area (TPSA) is 97.4 Å². The molecule has 0 N–H and O–H groups in total. The van der Waals surface area contributed by atoms with Gasteiger partial charge in [0, 0.05) is 12.0 Å². The van der Waals surface area contributed by atoms with Crippen molar-refractivity contribution in [3.05, 3.63) is 53.6 Å². The van der Waals surface area contributed by atoms with Crippen LogP contribution in [0.5, 0.6) is 5.75 Å². The minimum atomic E-state index is -4.14. The van der Waals surface area contributed by atoms with Crippen molar-refractivity contribution < 1.29 is 35.2 Å². The predicted octanol–water partition coefficient (Wildman–Crippen LogP) is 3.55. The fraction of sp³-hybridized carbons (Fsp3) is 0.389. The van der Waals surface area contributed by atoms with Crippen LogP contribution in [0.25, 0.3) is 0 Å². The van der Waals surface area contributed by atoms with Gasteiger partial charge in [-0.3, -0.25) is 4.18 Å². The molecule has 0 amide bonds. The first kappa shape index (κ1) is 22.3. The van der Waals surface area contributed by atoms with E-state index >= 15 is 0 Å². The second-order valence-corrected chi connectivity index (χ2v) is 8.47. The average Bonchev–Trinajstić information content (AvgIpc) is 2.67. The van der Waals surface area contributed by atoms with Gasteiger partial charge in [-0.2, -0.15) is 12.0 Å². The lowest BCUT2D eigenvalue weighted by atomic mass is 9.94. The first-order valence-corrected chi connectivity index (χ1v) is 10.3. The Hall–Kier alpha value is -2.01. The Kier molecular flexibility index (Phi) is 7.53. The van der Waals surface area contributed by atoms with Gasteiger partial charge >= 0.3 is 16.6 Å². The summed E-state index contributed by atoms with van der Waals surface area (Å²) in [5.74, 6) is 0.694. The maximum atomic E-state index is 12.2. The summed E-state index contributed by atoms with van der Waals surface area (Å²) in [4.78, 5) is 12.2. The van der Waals surface area contributed by atoms with E-state index in [4.69, 9.17) is 17.8 Å². The minimum Gasteiger partial charge on any atom is -0.497 e. The molecule has 28 heavy (non-hydrogen) atoms. The van der Waals surface area contributed by atoms with Gasteiger partial charge in [0.25, 0.3) is 0 Å². The standard InChI is InChI=1S/C18H22O8S2/c1-13-9-10-18(2,16(11-13)27-26-28(20,21)23-4)25-17(19)24-12-14-5-7-15(22-3)8-6-14/h5-11,16H,12H2,1-4H3. The zero-order valence-corrected chi connectivity index (χ0v) is 17.5. The number of carbonyl (C=O) groups excluding carboxylic acids is 1. The number of benzene rings is 1. The van der Waals surface area contributed by atoms with Crippen molar-refractivity contribution in [2.45, 2.75) is 31.3 Å². The molecule has 0 heterocycles. The van der Waals surface area contributed by atoms with Gasteiger partial charge in [-0.15, -0.1) is 0 Å². The molecular formula is C18H22O8S2. The molecule has 8 nitrogen and oxygen atoms in total. The molecule has 1 aromatic rings. The van der Waals surface area contributed by atoms with Crippen LogP contribution in [0.1, 0.15) is 19.4 Å². The highest BCUT2D eigenvalue weighted by Crippen LogP contribution is 2.35. The number of allylic oxidation sites excluding steroid dienone is 2. The molecule has 0 saturated carbocycles. The SMILES string of the molecule is COc1ccc(COC(=O)OC2(C)C=CC(C)=CC2SOS(=O)(=O)OC)cc1. The van der Waals surface area contributed by atoms with Crippen LogP contribution in [-0.2, 0) is 34.3 Å². The van der Waals surface area contributed by atoms with Gasteiger partial charge in [-0.05, 0) is 37.6 Å². The molecule has 2 rings (SSSR count). The molecule has 0 aromatic heterocycles. The summed E-state index contributed by atoms with van der Waals surface area (Å²) in [6.07, 6.45) is 4.25. The quantitative estimate of drug-likeness (QED) is 0.453. The number of hydrogen-bond acceptors (Lipinski definition) is 9. The normalized spacial score (nSPS) is 21.7. The summed E-state index contributed by atoms with van der Waals surface area (Å²) in [7, 11) is -1.59. The van der Waals surface area contributed by atoms with Crippen molar-refractivity contribution in [3.8, 4) is 5.75 Å². The van der Waals surface area contributed by atoms with E-state index in [-0.39, 0.29) is 6.61 Å². The minimum absolute atomic E-state index is 0.0177. The number of hydrogen-bond donors (Lipinski definition) is 0. The summed E-state index contributed by atoms with van der Waals surface area (Å²) >= 11 is 0.613. The molecule has 0 fully saturated rings. The first-order chi connectivity index (χ1) is 13.2. The summed E-state index contributed by atoms with van der Waals surface area (Å²) in [6.45, 7) is 3.47. The van der Waals surface area contributed by atoms with Crippen molar-refractivity contribution in [2.75, 3.05) is 14.2 Å². The van der Waals surface area contributed by atoms with Crippen LogP contribution < -0.4 is 4.74 Å². The summed E-state index contributed by atoms with van der Waals surface area (Å²) in [5.41, 5.74) is 0.451. The van der Waals surface area contributed by atoms with Crippen molar-refractivity contribution in [1.29, 1.82) is 0 Å². The van der Waals surface area contributed by atoms with Crippen molar-refractivity contribution >= 4 is 28.6 Å². The lowest BCUT2D eigenvalue weighted by molar-refractivity contribution is -0.00343. The molecule has 1 aliphatic carbocycles. The number of rotatable bonds is 8. The van der Waals surface area contributed by atoms with Gasteiger partial charge < -0.3 is 14.2 Å². The third-order valence-electron chi connectivity index (χ3n) is 3.91. The fourth-order valence-corrected chi connectivity index (χ4v) is 3.79. The molecule has 0 saturated heterocycles. The van der Waals surface area contributed by atoms with E-state index in [1.165, 1.54) is 0 Å². The third kappa shape index (κ3) is 6.26. The lowest BCUT2D eigenvalue weighted by Gasteiger charge is -2.33. The van der Waals surface area contributed by atoms with Gasteiger partial charge in [-0.25, -0.2) is 4.79 Å². The van der Waals surface area contributed by atoms with Crippen molar-refractivity contribution in [3.63, 3.8) is 0 Å². The summed E-state index contributed by atoms with van der Waals surface area (Å²) < 4.78 is 47.5. The molecular weight excluding hydrogens is 408 g/mol. The highest BCUT2D eigenvalue weighted by atomic mass is 32.3. The zero-order chi connectivity index (χ0) is 20.8. The van der Waals surface area contributed by atoms with E-state index in [0.29, 0.717) is 17.8 Å². The molecule has 0 bridgehead atoms. The Morgan fingerprint density at radius 3 is 2.50 bits per heavy atom. The Bertz CT molecular complexity index is 845. The van der Waals surface area contributed by atoms with Crippen molar-refractivity contribution in [1.82, 2.24) is 0 Å². The van der Waals surface area contributed by atoms with Gasteiger partial charge in [0.05, 0.1) is 19.5 Å². The van der Waals surface area contributed by atoms with E-state index < -0.39 is 27.4 Å². The highest BCUT2D eigenvalue weighted by Gasteiger charge is 2.39. The Morgan fingerprint density at radius 2 is 1.89 bits per heavy atom. The molecule has 1 aromatic carbocycles. The molecule has 0 radical (unpaired) electrons. The molecule has 0 aliphatic heterocycles. The van der Waals surface area contributed by atoms with E-state index in [1.54, 1.807) is 56.5 Å².